The first-order valence-corrected chi connectivity index (χ1v) is 11.5. The standard InChI is InChI=1S/C24H21ClN6S/c1-16(32-24-29-28-23(30(24)2)18-9-6-12-26-14-18)22-27-20-13-19(25)10-11-21(20)31(22)15-17-7-4-3-5-8-17/h3-14,16H,15H2,1-2H3/t16-/m1/s1. The summed E-state index contributed by atoms with van der Waals surface area (Å²) in [6.07, 6.45) is 3.55. The maximum Gasteiger partial charge on any atom is 0.191 e. The Hall–Kier alpha value is -3.16. The van der Waals surface area contributed by atoms with Crippen LogP contribution in [0.4, 0.5) is 0 Å². The molecule has 32 heavy (non-hydrogen) atoms. The van der Waals surface area contributed by atoms with E-state index in [2.05, 4.69) is 50.9 Å². The first kappa shape index (κ1) is 20.7. The van der Waals surface area contributed by atoms with Crippen LogP contribution < -0.4 is 0 Å². The molecule has 3 aromatic heterocycles. The van der Waals surface area contributed by atoms with Crippen molar-refractivity contribution < 1.29 is 0 Å². The van der Waals surface area contributed by atoms with E-state index in [9.17, 15) is 0 Å². The first-order valence-electron chi connectivity index (χ1n) is 10.3. The Labute approximate surface area is 195 Å². The second-order valence-electron chi connectivity index (χ2n) is 7.54. The third-order valence-corrected chi connectivity index (χ3v) is 6.69. The molecular weight excluding hydrogens is 440 g/mol. The SMILES string of the molecule is C[C@@H](Sc1nnc(-c2cccnc2)n1C)c1nc2cc(Cl)ccc2n1Cc1ccccc1. The number of benzene rings is 2. The number of hydrogen-bond donors (Lipinski definition) is 0. The first-order chi connectivity index (χ1) is 15.6. The van der Waals surface area contributed by atoms with Gasteiger partial charge in [-0.2, -0.15) is 0 Å². The van der Waals surface area contributed by atoms with Crippen LogP contribution in [0.25, 0.3) is 22.4 Å². The predicted molar refractivity (Wildman–Crippen MR) is 129 cm³/mol. The lowest BCUT2D eigenvalue weighted by Gasteiger charge is -2.14. The number of hydrogen-bond acceptors (Lipinski definition) is 5. The average Bonchev–Trinajstić information content (AvgIpc) is 3.35. The van der Waals surface area contributed by atoms with Crippen molar-refractivity contribution >= 4 is 34.4 Å². The summed E-state index contributed by atoms with van der Waals surface area (Å²) in [6.45, 7) is 2.88. The van der Waals surface area contributed by atoms with Gasteiger partial charge in [-0.3, -0.25) is 4.98 Å². The Balaban J connectivity index is 1.50. The number of aromatic nitrogens is 6. The van der Waals surface area contributed by atoms with Gasteiger partial charge in [-0.25, -0.2) is 4.98 Å². The number of pyridine rings is 1. The lowest BCUT2D eigenvalue weighted by Crippen LogP contribution is -2.07. The third-order valence-electron chi connectivity index (χ3n) is 5.32. The molecule has 0 unspecified atom stereocenters. The Morgan fingerprint density at radius 3 is 2.66 bits per heavy atom. The lowest BCUT2D eigenvalue weighted by atomic mass is 10.2. The molecule has 6 nitrogen and oxygen atoms in total. The van der Waals surface area contributed by atoms with Crippen molar-refractivity contribution in [1.29, 1.82) is 0 Å². The van der Waals surface area contributed by atoms with Crippen LogP contribution in [0.3, 0.4) is 0 Å². The zero-order chi connectivity index (χ0) is 22.1. The van der Waals surface area contributed by atoms with Crippen LogP contribution in [0.15, 0.2) is 78.2 Å². The maximum absolute atomic E-state index is 6.25. The van der Waals surface area contributed by atoms with Gasteiger partial charge in [0.2, 0.25) is 0 Å². The predicted octanol–water partition coefficient (Wildman–Crippen LogP) is 5.78. The number of thioether (sulfide) groups is 1. The monoisotopic (exact) mass is 460 g/mol. The van der Waals surface area contributed by atoms with E-state index in [1.54, 1.807) is 24.2 Å². The van der Waals surface area contributed by atoms with Crippen LogP contribution in [0.5, 0.6) is 0 Å². The molecule has 0 aliphatic heterocycles. The van der Waals surface area contributed by atoms with Gasteiger partial charge in [0.1, 0.15) is 5.82 Å². The van der Waals surface area contributed by atoms with Crippen molar-refractivity contribution in [2.45, 2.75) is 23.9 Å². The third kappa shape index (κ3) is 4.01. The van der Waals surface area contributed by atoms with Crippen molar-refractivity contribution in [2.24, 2.45) is 7.05 Å². The molecule has 3 heterocycles. The molecule has 0 bridgehead atoms. The van der Waals surface area contributed by atoms with Crippen LogP contribution in [-0.4, -0.2) is 29.3 Å². The van der Waals surface area contributed by atoms with Crippen LogP contribution in [0.2, 0.25) is 5.02 Å². The van der Waals surface area contributed by atoms with E-state index in [0.29, 0.717) is 5.02 Å². The highest BCUT2D eigenvalue weighted by molar-refractivity contribution is 7.99. The second kappa shape index (κ2) is 8.76. The van der Waals surface area contributed by atoms with Crippen LogP contribution in [0, 0.1) is 0 Å². The van der Waals surface area contributed by atoms with Crippen molar-refractivity contribution in [2.75, 3.05) is 0 Å². The van der Waals surface area contributed by atoms with Crippen molar-refractivity contribution in [3.8, 4) is 11.4 Å². The fourth-order valence-corrected chi connectivity index (χ4v) is 4.84. The van der Waals surface area contributed by atoms with Crippen LogP contribution in [-0.2, 0) is 13.6 Å². The number of fused-ring (bicyclic) bond motifs is 1. The second-order valence-corrected chi connectivity index (χ2v) is 9.29. The highest BCUT2D eigenvalue weighted by atomic mass is 35.5. The fourth-order valence-electron chi connectivity index (χ4n) is 3.74. The minimum atomic E-state index is 0.0505. The number of halogens is 1. The molecule has 0 saturated carbocycles. The number of imidazole rings is 1. The van der Waals surface area contributed by atoms with Crippen molar-refractivity contribution in [3.05, 3.63) is 89.5 Å². The lowest BCUT2D eigenvalue weighted by molar-refractivity contribution is 0.738. The quantitative estimate of drug-likeness (QED) is 0.300. The smallest absolute Gasteiger partial charge is 0.191 e. The fraction of sp³-hybridized carbons (Fsp3) is 0.167. The van der Waals surface area contributed by atoms with Crippen molar-refractivity contribution in [1.82, 2.24) is 29.3 Å². The van der Waals surface area contributed by atoms with Gasteiger partial charge < -0.3 is 9.13 Å². The molecule has 160 valence electrons. The summed E-state index contributed by atoms with van der Waals surface area (Å²) < 4.78 is 4.26. The maximum atomic E-state index is 6.25. The summed E-state index contributed by atoms with van der Waals surface area (Å²) in [5.74, 6) is 1.76. The molecule has 5 rings (SSSR count). The van der Waals surface area contributed by atoms with E-state index >= 15 is 0 Å². The summed E-state index contributed by atoms with van der Waals surface area (Å²) in [5.41, 5.74) is 4.12. The molecule has 0 aliphatic rings. The molecule has 0 aliphatic carbocycles. The number of rotatable bonds is 6. The molecule has 0 amide bonds. The highest BCUT2D eigenvalue weighted by Crippen LogP contribution is 2.36. The summed E-state index contributed by atoms with van der Waals surface area (Å²) in [5, 5.41) is 10.4. The molecule has 0 spiro atoms. The van der Waals surface area contributed by atoms with Gasteiger partial charge in [-0.15, -0.1) is 10.2 Å². The summed E-state index contributed by atoms with van der Waals surface area (Å²) >= 11 is 7.89. The normalized spacial score (nSPS) is 12.3. The average molecular weight is 461 g/mol. The van der Waals surface area contributed by atoms with Crippen molar-refractivity contribution in [3.63, 3.8) is 0 Å². The van der Waals surface area contributed by atoms with Crippen LogP contribution >= 0.6 is 23.4 Å². The zero-order valence-electron chi connectivity index (χ0n) is 17.7. The summed E-state index contributed by atoms with van der Waals surface area (Å²) in [4.78, 5) is 9.14. The molecule has 0 N–H and O–H groups in total. The van der Waals surface area contributed by atoms with Gasteiger partial charge in [0.05, 0.1) is 16.3 Å². The van der Waals surface area contributed by atoms with Gasteiger partial charge in [-0.1, -0.05) is 53.7 Å². The molecule has 0 saturated heterocycles. The Morgan fingerprint density at radius 2 is 1.88 bits per heavy atom. The Bertz CT molecular complexity index is 1360. The molecule has 8 heteroatoms. The number of nitrogens with zero attached hydrogens (tertiary/aromatic N) is 6. The Kier molecular flexibility index (Phi) is 5.68. The summed E-state index contributed by atoms with van der Waals surface area (Å²) in [6, 6.07) is 20.2. The van der Waals surface area contributed by atoms with E-state index in [0.717, 1.165) is 39.9 Å². The molecular formula is C24H21ClN6S. The largest absolute Gasteiger partial charge is 0.323 e. The van der Waals surface area contributed by atoms with E-state index in [1.807, 2.05) is 48.0 Å². The minimum Gasteiger partial charge on any atom is -0.323 e. The van der Waals surface area contributed by atoms with Gasteiger partial charge in [0, 0.05) is 36.6 Å². The molecule has 1 atom stereocenters. The molecule has 0 radical (unpaired) electrons. The van der Waals surface area contributed by atoms with Gasteiger partial charge in [0.25, 0.3) is 0 Å². The topological polar surface area (TPSA) is 61.4 Å². The highest BCUT2D eigenvalue weighted by Gasteiger charge is 2.21. The van der Waals surface area contributed by atoms with E-state index in [4.69, 9.17) is 16.6 Å². The molecule has 0 fully saturated rings. The van der Waals surface area contributed by atoms with Crippen LogP contribution in [0.1, 0.15) is 23.6 Å². The van der Waals surface area contributed by atoms with E-state index in [-0.39, 0.29) is 5.25 Å². The minimum absolute atomic E-state index is 0.0505. The zero-order valence-corrected chi connectivity index (χ0v) is 19.3. The summed E-state index contributed by atoms with van der Waals surface area (Å²) in [7, 11) is 1.98. The van der Waals surface area contributed by atoms with Gasteiger partial charge in [-0.05, 0) is 42.8 Å². The van der Waals surface area contributed by atoms with Gasteiger partial charge >= 0.3 is 0 Å². The van der Waals surface area contributed by atoms with E-state index < -0.39 is 0 Å². The Morgan fingerprint density at radius 1 is 1.03 bits per heavy atom. The molecule has 5 aromatic rings. The van der Waals surface area contributed by atoms with Gasteiger partial charge in [0.15, 0.2) is 11.0 Å². The molecule has 2 aromatic carbocycles. The van der Waals surface area contributed by atoms with E-state index in [1.165, 1.54) is 5.56 Å².